The molecule has 1 aromatic heterocycles. The maximum atomic E-state index is 14.9. The number of hydrogen-bond acceptors (Lipinski definition) is 7. The fourth-order valence-corrected chi connectivity index (χ4v) is 4.01. The molecule has 184 valence electrons. The second kappa shape index (κ2) is 10.2. The second-order valence-electron chi connectivity index (χ2n) is 8.27. The molecule has 2 aromatic carbocycles. The van der Waals surface area contributed by atoms with E-state index in [0.717, 1.165) is 5.56 Å². The van der Waals surface area contributed by atoms with E-state index in [9.17, 15) is 23.9 Å². The van der Waals surface area contributed by atoms with Crippen molar-refractivity contribution in [3.05, 3.63) is 85.9 Å². The van der Waals surface area contributed by atoms with E-state index in [4.69, 9.17) is 10.5 Å². The molecule has 0 unspecified atom stereocenters. The molecule has 0 spiro atoms. The van der Waals surface area contributed by atoms with Gasteiger partial charge in [0, 0.05) is 24.3 Å². The first-order valence-corrected chi connectivity index (χ1v) is 11.0. The molecule has 0 aliphatic carbocycles. The Morgan fingerprint density at radius 3 is 2.54 bits per heavy atom. The number of aromatic nitrogens is 2. The maximum absolute atomic E-state index is 14.9. The number of ether oxygens (including phenoxy) is 1. The predicted molar refractivity (Wildman–Crippen MR) is 128 cm³/mol. The highest BCUT2D eigenvalue weighted by molar-refractivity contribution is 5.90. The Bertz CT molecular complexity index is 1340. The minimum atomic E-state index is -0.578. The average molecular weight is 484 g/mol. The summed E-state index contributed by atoms with van der Waals surface area (Å²) in [5.74, 6) is -0.496. The number of carbonyl (C=O) groups is 1. The van der Waals surface area contributed by atoms with Crippen LogP contribution >= 0.6 is 0 Å². The van der Waals surface area contributed by atoms with Crippen molar-refractivity contribution in [1.82, 2.24) is 15.3 Å². The molecule has 0 radical (unpaired) electrons. The standard InChI is InChI=1S/C24H26FN5O5/c1-13-19(22(32)29-23(33)28-13)10-27-21(12-31)15-4-2-14(3-5-15)18-7-6-16(8-20(18)25)30-11-17(9-26)35-24(30)34/h2-8,17,21,27,31H,9-12,26H2,1H3,(H2,28,29,32,33)/t17-,21-/m0/s1. The van der Waals surface area contributed by atoms with Crippen LogP contribution in [0.3, 0.4) is 0 Å². The highest BCUT2D eigenvalue weighted by atomic mass is 19.1. The zero-order valence-corrected chi connectivity index (χ0v) is 19.0. The number of anilines is 1. The van der Waals surface area contributed by atoms with Crippen LogP contribution in [0, 0.1) is 12.7 Å². The second-order valence-corrected chi connectivity index (χ2v) is 8.27. The summed E-state index contributed by atoms with van der Waals surface area (Å²) in [5, 5.41) is 12.9. The third-order valence-corrected chi connectivity index (χ3v) is 5.99. The lowest BCUT2D eigenvalue weighted by Crippen LogP contribution is -2.32. The van der Waals surface area contributed by atoms with Crippen LogP contribution in [0.25, 0.3) is 11.1 Å². The van der Waals surface area contributed by atoms with Gasteiger partial charge in [-0.3, -0.25) is 14.7 Å². The van der Waals surface area contributed by atoms with Gasteiger partial charge in [-0.1, -0.05) is 24.3 Å². The van der Waals surface area contributed by atoms with Gasteiger partial charge in [0.05, 0.1) is 30.4 Å². The lowest BCUT2D eigenvalue weighted by molar-refractivity contribution is 0.145. The minimum absolute atomic E-state index is 0.130. The van der Waals surface area contributed by atoms with Crippen LogP contribution in [0.1, 0.15) is 22.9 Å². The number of halogens is 1. The summed E-state index contributed by atoms with van der Waals surface area (Å²) in [6, 6.07) is 11.0. The van der Waals surface area contributed by atoms with Crippen LogP contribution in [0.15, 0.2) is 52.1 Å². The van der Waals surface area contributed by atoms with E-state index in [1.165, 1.54) is 11.0 Å². The van der Waals surface area contributed by atoms with Gasteiger partial charge in [0.15, 0.2) is 0 Å². The van der Waals surface area contributed by atoms with Crippen molar-refractivity contribution in [2.75, 3.05) is 24.6 Å². The molecule has 3 aromatic rings. The van der Waals surface area contributed by atoms with Gasteiger partial charge in [0.1, 0.15) is 11.9 Å². The number of hydrogen-bond donors (Lipinski definition) is 5. The molecule has 2 heterocycles. The number of cyclic esters (lactones) is 1. The number of aliphatic hydroxyl groups is 1. The number of aryl methyl sites for hydroxylation is 1. The summed E-state index contributed by atoms with van der Waals surface area (Å²) in [7, 11) is 0. The number of nitrogens with one attached hydrogen (secondary N) is 3. The molecule has 4 rings (SSSR count). The van der Waals surface area contributed by atoms with Crippen molar-refractivity contribution in [3.8, 4) is 11.1 Å². The quantitative estimate of drug-likeness (QED) is 0.323. The smallest absolute Gasteiger partial charge is 0.414 e. The lowest BCUT2D eigenvalue weighted by Gasteiger charge is -2.18. The molecule has 11 heteroatoms. The number of nitrogens with zero attached hydrogens (tertiary/aromatic N) is 1. The zero-order valence-electron chi connectivity index (χ0n) is 19.0. The molecular formula is C24H26FN5O5. The fraction of sp³-hybridized carbons (Fsp3) is 0.292. The van der Waals surface area contributed by atoms with Gasteiger partial charge in [-0.25, -0.2) is 14.0 Å². The van der Waals surface area contributed by atoms with Crippen LogP contribution in [-0.4, -0.2) is 47.0 Å². The van der Waals surface area contributed by atoms with E-state index in [-0.39, 0.29) is 26.2 Å². The number of aliphatic hydroxyl groups excluding tert-OH is 1. The first-order valence-electron chi connectivity index (χ1n) is 11.0. The van der Waals surface area contributed by atoms with Crippen LogP contribution in [0.4, 0.5) is 14.9 Å². The van der Waals surface area contributed by atoms with Crippen molar-refractivity contribution >= 4 is 11.8 Å². The molecule has 10 nitrogen and oxygen atoms in total. The molecular weight excluding hydrogens is 457 g/mol. The molecule has 6 N–H and O–H groups in total. The molecule has 1 aliphatic heterocycles. The Hall–Kier alpha value is -3.80. The predicted octanol–water partition coefficient (Wildman–Crippen LogP) is 1.28. The largest absolute Gasteiger partial charge is 0.443 e. The summed E-state index contributed by atoms with van der Waals surface area (Å²) in [6.45, 7) is 1.98. The molecule has 0 saturated carbocycles. The molecule has 2 atom stereocenters. The number of H-pyrrole nitrogens is 2. The highest BCUT2D eigenvalue weighted by Gasteiger charge is 2.31. The van der Waals surface area contributed by atoms with Crippen LogP contribution in [0.2, 0.25) is 0 Å². The van der Waals surface area contributed by atoms with E-state index in [1.54, 1.807) is 43.3 Å². The van der Waals surface area contributed by atoms with Gasteiger partial charge in [-0.15, -0.1) is 0 Å². The Kier molecular flexibility index (Phi) is 7.10. The van der Waals surface area contributed by atoms with E-state index in [0.29, 0.717) is 28.1 Å². The zero-order chi connectivity index (χ0) is 25.1. The van der Waals surface area contributed by atoms with Gasteiger partial charge in [0.2, 0.25) is 0 Å². The lowest BCUT2D eigenvalue weighted by atomic mass is 10.00. The number of rotatable bonds is 8. The number of carbonyl (C=O) groups excluding carboxylic acids is 1. The summed E-state index contributed by atoms with van der Waals surface area (Å²) < 4.78 is 20.0. The number of aromatic amines is 2. The molecule has 1 amide bonds. The van der Waals surface area contributed by atoms with Crippen molar-refractivity contribution in [3.63, 3.8) is 0 Å². The molecule has 35 heavy (non-hydrogen) atoms. The first kappa shape index (κ1) is 24.3. The van der Waals surface area contributed by atoms with E-state index >= 15 is 0 Å². The van der Waals surface area contributed by atoms with E-state index < -0.39 is 35.3 Å². The number of benzene rings is 2. The third kappa shape index (κ3) is 5.16. The van der Waals surface area contributed by atoms with Crippen LogP contribution < -0.4 is 27.2 Å². The van der Waals surface area contributed by atoms with Crippen molar-refractivity contribution in [2.45, 2.75) is 25.6 Å². The van der Waals surface area contributed by atoms with Crippen molar-refractivity contribution in [1.29, 1.82) is 0 Å². The number of nitrogens with two attached hydrogens (primary N) is 1. The van der Waals surface area contributed by atoms with Gasteiger partial charge < -0.3 is 25.9 Å². The van der Waals surface area contributed by atoms with Crippen LogP contribution in [-0.2, 0) is 11.3 Å². The fourth-order valence-electron chi connectivity index (χ4n) is 4.01. The number of amides is 1. The molecule has 1 fully saturated rings. The van der Waals surface area contributed by atoms with Gasteiger partial charge in [-0.05, 0) is 36.2 Å². The average Bonchev–Trinajstić information content (AvgIpc) is 3.22. The molecule has 1 saturated heterocycles. The summed E-state index contributed by atoms with van der Waals surface area (Å²) in [4.78, 5) is 41.5. The maximum Gasteiger partial charge on any atom is 0.414 e. The van der Waals surface area contributed by atoms with Crippen molar-refractivity contribution < 1.29 is 19.0 Å². The summed E-state index contributed by atoms with van der Waals surface area (Å²) in [5.41, 5.74) is 7.38. The van der Waals surface area contributed by atoms with E-state index in [2.05, 4.69) is 15.3 Å². The summed E-state index contributed by atoms with van der Waals surface area (Å²) in [6.07, 6.45) is -0.976. The highest BCUT2D eigenvalue weighted by Crippen LogP contribution is 2.30. The SMILES string of the molecule is Cc1[nH]c(=O)[nH]c(=O)c1CN[C@@H](CO)c1ccc(-c2ccc(N3C[C@H](CN)OC3=O)cc2F)cc1. The Balaban J connectivity index is 1.48. The van der Waals surface area contributed by atoms with Gasteiger partial charge in [-0.2, -0.15) is 0 Å². The normalized spacial score (nSPS) is 16.4. The Labute approximate surface area is 199 Å². The Morgan fingerprint density at radius 2 is 1.94 bits per heavy atom. The van der Waals surface area contributed by atoms with E-state index in [1.807, 2.05) is 0 Å². The van der Waals surface area contributed by atoms with Gasteiger partial charge in [0.25, 0.3) is 5.56 Å². The molecule has 0 bridgehead atoms. The first-order chi connectivity index (χ1) is 16.8. The Morgan fingerprint density at radius 1 is 1.20 bits per heavy atom. The van der Waals surface area contributed by atoms with Crippen LogP contribution in [0.5, 0.6) is 0 Å². The van der Waals surface area contributed by atoms with Gasteiger partial charge >= 0.3 is 11.8 Å². The summed E-state index contributed by atoms with van der Waals surface area (Å²) >= 11 is 0. The monoisotopic (exact) mass is 483 g/mol. The van der Waals surface area contributed by atoms with Crippen molar-refractivity contribution in [2.24, 2.45) is 5.73 Å². The minimum Gasteiger partial charge on any atom is -0.443 e. The third-order valence-electron chi connectivity index (χ3n) is 5.99. The topological polar surface area (TPSA) is 154 Å². The molecule has 1 aliphatic rings.